The van der Waals surface area contributed by atoms with Crippen molar-refractivity contribution in [1.82, 2.24) is 9.97 Å². The van der Waals surface area contributed by atoms with Gasteiger partial charge in [0.05, 0.1) is 7.11 Å². The molecule has 1 aromatic carbocycles. The van der Waals surface area contributed by atoms with Crippen molar-refractivity contribution in [3.05, 3.63) is 48.2 Å². The summed E-state index contributed by atoms with van der Waals surface area (Å²) in [6.45, 7) is 0. The number of hydrogen-bond acceptors (Lipinski definition) is 5. The van der Waals surface area contributed by atoms with E-state index in [1.807, 2.05) is 0 Å². The Labute approximate surface area is 102 Å². The molecule has 0 amide bonds. The van der Waals surface area contributed by atoms with Crippen LogP contribution in [0.2, 0.25) is 0 Å². The van der Waals surface area contributed by atoms with Crippen LogP contribution in [0.3, 0.4) is 0 Å². The summed E-state index contributed by atoms with van der Waals surface area (Å²) in [4.78, 5) is 19.0. The molecule has 2 rings (SSSR count). The van der Waals surface area contributed by atoms with E-state index >= 15 is 0 Å². The molecule has 0 saturated heterocycles. The summed E-state index contributed by atoms with van der Waals surface area (Å²) in [5, 5.41) is 0. The zero-order chi connectivity index (χ0) is 13.0. The molecule has 92 valence electrons. The molecule has 0 saturated carbocycles. The first-order chi connectivity index (χ1) is 8.72. The van der Waals surface area contributed by atoms with Crippen LogP contribution < -0.4 is 4.74 Å². The van der Waals surface area contributed by atoms with E-state index in [2.05, 4.69) is 14.7 Å². The van der Waals surface area contributed by atoms with Gasteiger partial charge in [-0.15, -0.1) is 0 Å². The van der Waals surface area contributed by atoms with E-state index in [4.69, 9.17) is 4.74 Å². The van der Waals surface area contributed by atoms with Crippen molar-refractivity contribution in [3.8, 4) is 11.6 Å². The average Bonchev–Trinajstić information content (AvgIpc) is 2.41. The first-order valence-electron chi connectivity index (χ1n) is 5.04. The Hall–Kier alpha value is -2.50. The number of esters is 1. The molecule has 1 heterocycles. The van der Waals surface area contributed by atoms with Gasteiger partial charge in [0.2, 0.25) is 5.69 Å². The van der Waals surface area contributed by atoms with Crippen LogP contribution in [0.25, 0.3) is 0 Å². The van der Waals surface area contributed by atoms with Crippen molar-refractivity contribution in [2.24, 2.45) is 0 Å². The first-order valence-corrected chi connectivity index (χ1v) is 5.04. The Bertz CT molecular complexity index is 575. The van der Waals surface area contributed by atoms with Crippen LogP contribution >= 0.6 is 0 Å². The topological polar surface area (TPSA) is 61.3 Å². The summed E-state index contributed by atoms with van der Waals surface area (Å²) in [6.07, 6.45) is 2.66. The number of carbonyl (C=O) groups is 1. The second-order valence-electron chi connectivity index (χ2n) is 3.23. The van der Waals surface area contributed by atoms with Crippen LogP contribution in [-0.2, 0) is 4.74 Å². The highest BCUT2D eigenvalue weighted by Gasteiger charge is 2.17. The molecule has 0 aliphatic rings. The second kappa shape index (κ2) is 5.22. The highest BCUT2D eigenvalue weighted by molar-refractivity contribution is 5.89. The quantitative estimate of drug-likeness (QED) is 0.779. The number of para-hydroxylation sites is 1. The van der Waals surface area contributed by atoms with Crippen LogP contribution in [0, 0.1) is 5.82 Å². The molecule has 5 nitrogen and oxygen atoms in total. The predicted molar refractivity (Wildman–Crippen MR) is 59.8 cm³/mol. The van der Waals surface area contributed by atoms with Crippen molar-refractivity contribution in [2.75, 3.05) is 7.11 Å². The number of carbonyl (C=O) groups excluding carboxylic acids is 1. The van der Waals surface area contributed by atoms with Crippen LogP contribution in [0.1, 0.15) is 10.5 Å². The van der Waals surface area contributed by atoms with Gasteiger partial charge in [-0.05, 0) is 12.1 Å². The van der Waals surface area contributed by atoms with Crippen molar-refractivity contribution >= 4 is 5.97 Å². The van der Waals surface area contributed by atoms with Gasteiger partial charge in [0.1, 0.15) is 0 Å². The van der Waals surface area contributed by atoms with E-state index in [0.717, 1.165) is 0 Å². The zero-order valence-electron chi connectivity index (χ0n) is 9.46. The first kappa shape index (κ1) is 12.0. The summed E-state index contributed by atoms with van der Waals surface area (Å²) < 4.78 is 23.1. The normalized spacial score (nSPS) is 9.89. The summed E-state index contributed by atoms with van der Waals surface area (Å²) in [5.74, 6) is -1.40. The van der Waals surface area contributed by atoms with Crippen molar-refractivity contribution in [1.29, 1.82) is 0 Å². The Morgan fingerprint density at radius 2 is 1.94 bits per heavy atom. The van der Waals surface area contributed by atoms with Crippen LogP contribution in [0.15, 0.2) is 36.7 Å². The molecular weight excluding hydrogens is 239 g/mol. The van der Waals surface area contributed by atoms with Crippen LogP contribution in [-0.4, -0.2) is 23.0 Å². The minimum atomic E-state index is -0.700. The molecule has 0 bridgehead atoms. The summed E-state index contributed by atoms with van der Waals surface area (Å²) in [6, 6.07) is 5.79. The lowest BCUT2D eigenvalue weighted by atomic mass is 10.3. The molecule has 0 fully saturated rings. The Kier molecular flexibility index (Phi) is 3.47. The molecule has 0 aliphatic heterocycles. The minimum Gasteiger partial charge on any atom is -0.464 e. The monoisotopic (exact) mass is 248 g/mol. The van der Waals surface area contributed by atoms with E-state index in [-0.39, 0.29) is 17.3 Å². The van der Waals surface area contributed by atoms with Gasteiger partial charge in [0.25, 0.3) is 5.88 Å². The van der Waals surface area contributed by atoms with Crippen LogP contribution in [0.5, 0.6) is 11.6 Å². The Morgan fingerprint density at radius 3 is 2.67 bits per heavy atom. The fourth-order valence-corrected chi connectivity index (χ4v) is 1.27. The van der Waals surface area contributed by atoms with E-state index in [9.17, 15) is 9.18 Å². The van der Waals surface area contributed by atoms with E-state index in [1.54, 1.807) is 6.07 Å². The largest absolute Gasteiger partial charge is 0.464 e. The van der Waals surface area contributed by atoms with Gasteiger partial charge >= 0.3 is 5.97 Å². The standard InChI is InChI=1S/C12H9FN2O3/c1-17-12(16)10-11(15-7-6-14-10)18-9-5-3-2-4-8(9)13/h2-7H,1H3. The van der Waals surface area contributed by atoms with E-state index < -0.39 is 11.8 Å². The number of aromatic nitrogens is 2. The number of benzene rings is 1. The van der Waals surface area contributed by atoms with Gasteiger partial charge in [0, 0.05) is 12.4 Å². The van der Waals surface area contributed by atoms with Gasteiger partial charge < -0.3 is 9.47 Å². The Morgan fingerprint density at radius 1 is 1.22 bits per heavy atom. The van der Waals surface area contributed by atoms with Gasteiger partial charge in [-0.25, -0.2) is 19.2 Å². The van der Waals surface area contributed by atoms with Gasteiger partial charge in [-0.1, -0.05) is 12.1 Å². The minimum absolute atomic E-state index is 0.0387. The smallest absolute Gasteiger partial charge is 0.362 e. The van der Waals surface area contributed by atoms with E-state index in [0.29, 0.717) is 0 Å². The number of hydrogen-bond donors (Lipinski definition) is 0. The SMILES string of the molecule is COC(=O)c1nccnc1Oc1ccccc1F. The summed E-state index contributed by atoms with van der Waals surface area (Å²) in [7, 11) is 1.21. The molecule has 2 aromatic rings. The molecular formula is C12H9FN2O3. The Balaban J connectivity index is 2.35. The van der Waals surface area contributed by atoms with Crippen molar-refractivity contribution in [3.63, 3.8) is 0 Å². The number of ether oxygens (including phenoxy) is 2. The molecule has 18 heavy (non-hydrogen) atoms. The predicted octanol–water partition coefficient (Wildman–Crippen LogP) is 2.19. The lowest BCUT2D eigenvalue weighted by molar-refractivity contribution is 0.0590. The fraction of sp³-hybridized carbons (Fsp3) is 0.0833. The average molecular weight is 248 g/mol. The molecule has 0 N–H and O–H groups in total. The number of methoxy groups -OCH3 is 1. The fourth-order valence-electron chi connectivity index (χ4n) is 1.27. The number of nitrogens with zero attached hydrogens (tertiary/aromatic N) is 2. The third-order valence-electron chi connectivity index (χ3n) is 2.09. The number of halogens is 1. The summed E-state index contributed by atoms with van der Waals surface area (Å²) in [5.41, 5.74) is -0.108. The summed E-state index contributed by atoms with van der Waals surface area (Å²) >= 11 is 0. The maximum absolute atomic E-state index is 13.4. The number of rotatable bonds is 3. The van der Waals surface area contributed by atoms with Gasteiger partial charge in [-0.2, -0.15) is 0 Å². The maximum atomic E-state index is 13.4. The highest BCUT2D eigenvalue weighted by atomic mass is 19.1. The molecule has 0 unspecified atom stereocenters. The van der Waals surface area contributed by atoms with Crippen molar-refractivity contribution in [2.45, 2.75) is 0 Å². The molecule has 1 aromatic heterocycles. The third kappa shape index (κ3) is 2.42. The lowest BCUT2D eigenvalue weighted by Crippen LogP contribution is -2.07. The molecule has 0 radical (unpaired) electrons. The molecule has 0 aliphatic carbocycles. The molecule has 0 spiro atoms. The van der Waals surface area contributed by atoms with Gasteiger partial charge in [-0.3, -0.25) is 0 Å². The van der Waals surface area contributed by atoms with Crippen LogP contribution in [0.4, 0.5) is 4.39 Å². The highest BCUT2D eigenvalue weighted by Crippen LogP contribution is 2.24. The second-order valence-corrected chi connectivity index (χ2v) is 3.23. The van der Waals surface area contributed by atoms with Crippen molar-refractivity contribution < 1.29 is 18.7 Å². The van der Waals surface area contributed by atoms with E-state index in [1.165, 1.54) is 37.7 Å². The third-order valence-corrected chi connectivity index (χ3v) is 2.09. The maximum Gasteiger partial charge on any atom is 0.362 e. The molecule has 6 heteroatoms. The molecule has 0 atom stereocenters. The lowest BCUT2D eigenvalue weighted by Gasteiger charge is -2.07. The van der Waals surface area contributed by atoms with Gasteiger partial charge in [0.15, 0.2) is 11.6 Å². The zero-order valence-corrected chi connectivity index (χ0v) is 9.46.